The molecule has 3 aromatic carbocycles. The number of aromatic nitrogens is 2. The summed E-state index contributed by atoms with van der Waals surface area (Å²) in [6, 6.07) is 26.3. The monoisotopic (exact) mass is 619 g/mol. The van der Waals surface area contributed by atoms with Crippen LogP contribution in [0.1, 0.15) is 48.3 Å². The first kappa shape index (κ1) is 30.1. The van der Waals surface area contributed by atoms with E-state index in [2.05, 4.69) is 49.7 Å². The number of hydrogen-bond donors (Lipinski definition) is 1. The summed E-state index contributed by atoms with van der Waals surface area (Å²) in [5, 5.41) is 1.16. The third-order valence-electron chi connectivity index (χ3n) is 9.72. The lowest BCUT2D eigenvalue weighted by atomic mass is 9.85. The number of carbonyl (C=O) groups excluding carboxylic acids is 1. The lowest BCUT2D eigenvalue weighted by Gasteiger charge is -2.37. The van der Waals surface area contributed by atoms with Gasteiger partial charge in [-0.1, -0.05) is 48.5 Å². The summed E-state index contributed by atoms with van der Waals surface area (Å²) in [6.07, 6.45) is 5.22. The number of amides is 1. The van der Waals surface area contributed by atoms with Gasteiger partial charge in [-0.25, -0.2) is 13.8 Å². The number of piperidine rings is 2. The van der Waals surface area contributed by atoms with Crippen LogP contribution in [0.3, 0.4) is 0 Å². The van der Waals surface area contributed by atoms with Gasteiger partial charge >= 0.3 is 0 Å². The molecule has 0 saturated carbocycles. The molecule has 2 aliphatic rings. The molecule has 0 spiro atoms. The van der Waals surface area contributed by atoms with Crippen LogP contribution in [-0.2, 0) is 17.9 Å². The molecule has 0 atom stereocenters. The zero-order valence-electron chi connectivity index (χ0n) is 25.9. The molecule has 4 heterocycles. The lowest BCUT2D eigenvalue weighted by Crippen LogP contribution is -2.45. The number of rotatable bonds is 7. The highest BCUT2D eigenvalue weighted by atomic mass is 19.1. The summed E-state index contributed by atoms with van der Waals surface area (Å²) < 4.78 is 30.7. The summed E-state index contributed by atoms with van der Waals surface area (Å²) in [5.41, 5.74) is 12.0. The molecule has 2 fully saturated rings. The average Bonchev–Trinajstić information content (AvgIpc) is 3.38. The Kier molecular flexibility index (Phi) is 8.54. The van der Waals surface area contributed by atoms with Crippen molar-refractivity contribution < 1.29 is 13.6 Å². The Morgan fingerprint density at radius 1 is 0.783 bits per heavy atom. The van der Waals surface area contributed by atoms with Gasteiger partial charge in [-0.2, -0.15) is 0 Å². The van der Waals surface area contributed by atoms with Crippen LogP contribution < -0.4 is 5.73 Å². The highest BCUT2D eigenvalue weighted by molar-refractivity contribution is 5.93. The van der Waals surface area contributed by atoms with Crippen LogP contribution in [0.25, 0.3) is 22.2 Å². The van der Waals surface area contributed by atoms with Gasteiger partial charge in [-0.3, -0.25) is 9.69 Å². The second-order valence-corrected chi connectivity index (χ2v) is 12.7. The molecule has 8 heteroatoms. The quantitative estimate of drug-likeness (QED) is 0.209. The van der Waals surface area contributed by atoms with Crippen LogP contribution in [-0.4, -0.2) is 51.4 Å². The number of benzene rings is 3. The Hall–Kier alpha value is -4.56. The van der Waals surface area contributed by atoms with Crippen LogP contribution in [0, 0.1) is 17.6 Å². The Bertz CT molecular complexity index is 1820. The summed E-state index contributed by atoms with van der Waals surface area (Å²) in [7, 11) is 0. The fraction of sp³-hybridized carbons (Fsp3) is 0.316. The second-order valence-electron chi connectivity index (χ2n) is 12.7. The summed E-state index contributed by atoms with van der Waals surface area (Å²) in [5.74, 6) is -0.0178. The van der Waals surface area contributed by atoms with E-state index in [1.165, 1.54) is 17.7 Å². The van der Waals surface area contributed by atoms with Crippen LogP contribution in [0.2, 0.25) is 0 Å². The molecule has 0 radical (unpaired) electrons. The molecule has 2 N–H and O–H groups in total. The molecule has 6 nitrogen and oxygen atoms in total. The lowest BCUT2D eigenvalue weighted by molar-refractivity contribution is -0.138. The molecule has 0 bridgehead atoms. The number of para-hydroxylation sites is 1. The molecule has 0 aliphatic carbocycles. The number of hydrogen-bond acceptors (Lipinski definition) is 4. The Labute approximate surface area is 268 Å². The minimum Gasteiger partial charge on any atom is -0.384 e. The van der Waals surface area contributed by atoms with Crippen molar-refractivity contribution in [2.75, 3.05) is 31.9 Å². The van der Waals surface area contributed by atoms with E-state index in [9.17, 15) is 13.6 Å². The van der Waals surface area contributed by atoms with Crippen molar-refractivity contribution in [1.82, 2.24) is 19.4 Å². The predicted molar refractivity (Wildman–Crippen MR) is 178 cm³/mol. The zero-order chi connectivity index (χ0) is 31.6. The van der Waals surface area contributed by atoms with Crippen LogP contribution >= 0.6 is 0 Å². The number of nitrogens with zero attached hydrogens (tertiary/aromatic N) is 4. The molecule has 7 rings (SSSR count). The van der Waals surface area contributed by atoms with E-state index >= 15 is 0 Å². The first-order chi connectivity index (χ1) is 22.4. The molecule has 46 heavy (non-hydrogen) atoms. The van der Waals surface area contributed by atoms with Crippen molar-refractivity contribution in [3.63, 3.8) is 0 Å². The number of likely N-dealkylation sites (tertiary alicyclic amines) is 2. The van der Waals surface area contributed by atoms with E-state index < -0.39 is 11.6 Å². The Morgan fingerprint density at radius 2 is 1.48 bits per heavy atom. The summed E-state index contributed by atoms with van der Waals surface area (Å²) in [4.78, 5) is 22.2. The molecule has 2 aliphatic heterocycles. The van der Waals surface area contributed by atoms with Crippen LogP contribution in [0.5, 0.6) is 0 Å². The van der Waals surface area contributed by atoms with Gasteiger partial charge in [-0.05, 0) is 97.3 Å². The standard InChI is InChI=1S/C38H39F2N5O/c39-31-20-27(21-32(40)23-31)25-45-34-9-5-4-8-33(34)36(37(45)29-6-2-1-3-7-29)28-13-18-44(19-14-28)38(46)30-11-16-43(17-12-30)24-26-10-15-42-35(41)22-26/h1-10,15,20-23,28,30H,11-14,16-19,24-25H2,(H2,41,42). The predicted octanol–water partition coefficient (Wildman–Crippen LogP) is 7.23. The van der Waals surface area contributed by atoms with E-state index in [-0.39, 0.29) is 17.7 Å². The van der Waals surface area contributed by atoms with Gasteiger partial charge in [0.25, 0.3) is 0 Å². The van der Waals surface area contributed by atoms with E-state index in [0.717, 1.165) is 92.2 Å². The molecule has 236 valence electrons. The molecule has 0 unspecified atom stereocenters. The van der Waals surface area contributed by atoms with Crippen molar-refractivity contribution >= 4 is 22.6 Å². The first-order valence-corrected chi connectivity index (χ1v) is 16.3. The molecule has 2 saturated heterocycles. The third-order valence-corrected chi connectivity index (χ3v) is 9.72. The second kappa shape index (κ2) is 13.0. The maximum atomic E-state index is 14.2. The van der Waals surface area contributed by atoms with Crippen LogP contribution in [0.15, 0.2) is 91.1 Å². The summed E-state index contributed by atoms with van der Waals surface area (Å²) in [6.45, 7) is 4.41. The van der Waals surface area contributed by atoms with Crippen molar-refractivity contribution in [3.05, 3.63) is 119 Å². The fourth-order valence-corrected chi connectivity index (χ4v) is 7.54. The summed E-state index contributed by atoms with van der Waals surface area (Å²) >= 11 is 0. The number of nitrogens with two attached hydrogens (primary N) is 1. The number of fused-ring (bicyclic) bond motifs is 1. The van der Waals surface area contributed by atoms with E-state index in [1.54, 1.807) is 6.20 Å². The van der Waals surface area contributed by atoms with Crippen molar-refractivity contribution in [2.45, 2.75) is 44.7 Å². The maximum Gasteiger partial charge on any atom is 0.225 e. The van der Waals surface area contributed by atoms with E-state index in [0.29, 0.717) is 17.9 Å². The van der Waals surface area contributed by atoms with Gasteiger partial charge < -0.3 is 15.2 Å². The van der Waals surface area contributed by atoms with Gasteiger partial charge in [0, 0.05) is 55.3 Å². The minimum absolute atomic E-state index is 0.0590. The topological polar surface area (TPSA) is 67.4 Å². The Morgan fingerprint density at radius 3 is 2.20 bits per heavy atom. The highest BCUT2D eigenvalue weighted by Gasteiger charge is 2.33. The number of pyridine rings is 1. The van der Waals surface area contributed by atoms with Gasteiger partial charge in [0.2, 0.25) is 5.91 Å². The van der Waals surface area contributed by atoms with Crippen molar-refractivity contribution in [1.29, 1.82) is 0 Å². The highest BCUT2D eigenvalue weighted by Crippen LogP contribution is 2.43. The zero-order valence-corrected chi connectivity index (χ0v) is 25.9. The van der Waals surface area contributed by atoms with Crippen molar-refractivity contribution in [3.8, 4) is 11.3 Å². The fourth-order valence-electron chi connectivity index (χ4n) is 7.54. The van der Waals surface area contributed by atoms with Gasteiger partial charge in [0.1, 0.15) is 17.5 Å². The smallest absolute Gasteiger partial charge is 0.225 e. The molecule has 5 aromatic rings. The van der Waals surface area contributed by atoms with Gasteiger partial charge in [-0.15, -0.1) is 0 Å². The van der Waals surface area contributed by atoms with Crippen molar-refractivity contribution in [2.24, 2.45) is 5.92 Å². The average molecular weight is 620 g/mol. The SMILES string of the molecule is Nc1cc(CN2CCC(C(=O)N3CCC(c4c(-c5ccccc5)n(Cc5cc(F)cc(F)c5)c5ccccc45)CC3)CC2)ccn1. The van der Waals surface area contributed by atoms with Gasteiger partial charge in [0.05, 0.1) is 5.69 Å². The number of nitrogen functional groups attached to an aromatic ring is 1. The minimum atomic E-state index is -0.574. The van der Waals surface area contributed by atoms with Gasteiger partial charge in [0.15, 0.2) is 0 Å². The normalized spacial score (nSPS) is 16.7. The van der Waals surface area contributed by atoms with E-state index in [4.69, 9.17) is 5.73 Å². The molecule has 1 amide bonds. The Balaban J connectivity index is 1.10. The van der Waals surface area contributed by atoms with E-state index in [1.807, 2.05) is 36.4 Å². The number of carbonyl (C=O) groups is 1. The maximum absolute atomic E-state index is 14.2. The third kappa shape index (κ3) is 6.27. The first-order valence-electron chi connectivity index (χ1n) is 16.3. The molecule has 2 aromatic heterocycles. The number of anilines is 1. The molecular weight excluding hydrogens is 580 g/mol. The molecular formula is C38H39F2N5O. The largest absolute Gasteiger partial charge is 0.384 e. The number of halogens is 2. The van der Waals surface area contributed by atoms with Crippen LogP contribution in [0.4, 0.5) is 14.6 Å².